The molecule has 18 heavy (non-hydrogen) atoms. The lowest BCUT2D eigenvalue weighted by Gasteiger charge is -2.30. The molecule has 0 spiro atoms. The van der Waals surface area contributed by atoms with Crippen LogP contribution in [0.2, 0.25) is 0 Å². The van der Waals surface area contributed by atoms with Crippen molar-refractivity contribution in [2.24, 2.45) is 0 Å². The van der Waals surface area contributed by atoms with E-state index in [0.29, 0.717) is 0 Å². The Labute approximate surface area is 110 Å². The lowest BCUT2D eigenvalue weighted by molar-refractivity contribution is 0.338. The van der Waals surface area contributed by atoms with Crippen LogP contribution in [-0.4, -0.2) is 18.7 Å². The van der Waals surface area contributed by atoms with Gasteiger partial charge in [0.1, 0.15) is 5.75 Å². The van der Waals surface area contributed by atoms with Crippen molar-refractivity contribution in [2.75, 3.05) is 6.61 Å². The zero-order chi connectivity index (χ0) is 12.5. The zero-order valence-corrected chi connectivity index (χ0v) is 11.4. The molecule has 2 nitrogen and oxygen atoms in total. The van der Waals surface area contributed by atoms with Crippen LogP contribution in [-0.2, 0) is 0 Å². The molecular weight excluding hydrogens is 222 g/mol. The van der Waals surface area contributed by atoms with Gasteiger partial charge in [0.2, 0.25) is 0 Å². The standard InChI is InChI=1S/C16H23NO/c1-3-18-15-6-7-16(11(2)8-15)12-9-13-4-5-14(10-12)17-13/h6-8,12-14,17H,3-5,9-10H2,1-2H3/t12?,13-,14+. The summed E-state index contributed by atoms with van der Waals surface area (Å²) in [4.78, 5) is 0. The molecule has 3 rings (SSSR count). The van der Waals surface area contributed by atoms with Crippen LogP contribution in [0, 0.1) is 6.92 Å². The Morgan fingerprint density at radius 1 is 1.22 bits per heavy atom. The molecule has 2 bridgehead atoms. The monoisotopic (exact) mass is 245 g/mol. The van der Waals surface area contributed by atoms with Gasteiger partial charge in [0.15, 0.2) is 0 Å². The summed E-state index contributed by atoms with van der Waals surface area (Å²) in [6.07, 6.45) is 5.37. The van der Waals surface area contributed by atoms with Gasteiger partial charge in [-0.2, -0.15) is 0 Å². The summed E-state index contributed by atoms with van der Waals surface area (Å²) in [5, 5.41) is 3.72. The second-order valence-electron chi connectivity index (χ2n) is 5.76. The number of ether oxygens (including phenoxy) is 1. The molecule has 2 aliphatic rings. The summed E-state index contributed by atoms with van der Waals surface area (Å²) in [6.45, 7) is 5.01. The van der Waals surface area contributed by atoms with Crippen molar-refractivity contribution in [3.05, 3.63) is 29.3 Å². The quantitative estimate of drug-likeness (QED) is 0.881. The van der Waals surface area contributed by atoms with Gasteiger partial charge in [-0.3, -0.25) is 0 Å². The third-order valence-corrected chi connectivity index (χ3v) is 4.47. The number of piperidine rings is 1. The fraction of sp³-hybridized carbons (Fsp3) is 0.625. The van der Waals surface area contributed by atoms with E-state index in [1.54, 1.807) is 0 Å². The molecule has 2 aliphatic heterocycles. The Morgan fingerprint density at radius 3 is 2.56 bits per heavy atom. The van der Waals surface area contributed by atoms with E-state index in [0.717, 1.165) is 30.4 Å². The maximum Gasteiger partial charge on any atom is 0.119 e. The molecule has 1 unspecified atom stereocenters. The second kappa shape index (κ2) is 4.93. The van der Waals surface area contributed by atoms with Crippen LogP contribution in [0.5, 0.6) is 5.75 Å². The maximum atomic E-state index is 5.57. The maximum absolute atomic E-state index is 5.57. The topological polar surface area (TPSA) is 21.3 Å². The van der Waals surface area contributed by atoms with Crippen LogP contribution in [0.4, 0.5) is 0 Å². The predicted octanol–water partition coefficient (Wildman–Crippen LogP) is 3.39. The Hall–Kier alpha value is -1.02. The summed E-state index contributed by atoms with van der Waals surface area (Å²) in [7, 11) is 0. The number of rotatable bonds is 3. The molecule has 0 aliphatic carbocycles. The molecule has 0 aromatic heterocycles. The lowest BCUT2D eigenvalue weighted by atomic mass is 9.84. The van der Waals surface area contributed by atoms with Crippen LogP contribution >= 0.6 is 0 Å². The third-order valence-electron chi connectivity index (χ3n) is 4.47. The average molecular weight is 245 g/mol. The lowest BCUT2D eigenvalue weighted by Crippen LogP contribution is -2.37. The van der Waals surface area contributed by atoms with Gasteiger partial charge in [-0.15, -0.1) is 0 Å². The van der Waals surface area contributed by atoms with Gasteiger partial charge in [0, 0.05) is 12.1 Å². The van der Waals surface area contributed by atoms with Gasteiger partial charge in [0.05, 0.1) is 6.61 Å². The molecule has 0 saturated carbocycles. The molecule has 0 amide bonds. The van der Waals surface area contributed by atoms with Gasteiger partial charge >= 0.3 is 0 Å². The van der Waals surface area contributed by atoms with E-state index in [1.165, 1.54) is 36.8 Å². The minimum atomic E-state index is 0.746. The van der Waals surface area contributed by atoms with Gasteiger partial charge in [-0.25, -0.2) is 0 Å². The van der Waals surface area contributed by atoms with Gasteiger partial charge in [-0.1, -0.05) is 6.07 Å². The van der Waals surface area contributed by atoms with Crippen molar-refractivity contribution in [2.45, 2.75) is 57.5 Å². The molecule has 98 valence electrons. The minimum absolute atomic E-state index is 0.746. The molecule has 1 aromatic carbocycles. The molecule has 1 N–H and O–H groups in total. The first-order valence-electron chi connectivity index (χ1n) is 7.25. The molecule has 3 atom stereocenters. The Morgan fingerprint density at radius 2 is 1.94 bits per heavy atom. The summed E-state index contributed by atoms with van der Waals surface area (Å²) in [5.41, 5.74) is 2.93. The largest absolute Gasteiger partial charge is 0.494 e. The Bertz CT molecular complexity index is 417. The van der Waals surface area contributed by atoms with E-state index >= 15 is 0 Å². The first-order chi connectivity index (χ1) is 8.76. The van der Waals surface area contributed by atoms with E-state index in [2.05, 4.69) is 30.4 Å². The Kier molecular flexibility index (Phi) is 3.29. The van der Waals surface area contributed by atoms with Crippen LogP contribution in [0.25, 0.3) is 0 Å². The van der Waals surface area contributed by atoms with Gasteiger partial charge in [-0.05, 0) is 68.7 Å². The summed E-state index contributed by atoms with van der Waals surface area (Å²) in [6, 6.07) is 8.15. The molecule has 2 heteroatoms. The van der Waals surface area contributed by atoms with E-state index in [4.69, 9.17) is 4.74 Å². The van der Waals surface area contributed by atoms with Crippen molar-refractivity contribution in [1.29, 1.82) is 0 Å². The van der Waals surface area contributed by atoms with Crippen LogP contribution in [0.3, 0.4) is 0 Å². The second-order valence-corrected chi connectivity index (χ2v) is 5.76. The van der Waals surface area contributed by atoms with E-state index < -0.39 is 0 Å². The molecule has 2 saturated heterocycles. The van der Waals surface area contributed by atoms with Crippen molar-refractivity contribution < 1.29 is 4.74 Å². The van der Waals surface area contributed by atoms with Crippen molar-refractivity contribution >= 4 is 0 Å². The highest BCUT2D eigenvalue weighted by Crippen LogP contribution is 2.38. The third kappa shape index (κ3) is 2.26. The highest BCUT2D eigenvalue weighted by molar-refractivity contribution is 5.37. The highest BCUT2D eigenvalue weighted by Gasteiger charge is 2.34. The van der Waals surface area contributed by atoms with Crippen molar-refractivity contribution in [3.8, 4) is 5.75 Å². The van der Waals surface area contributed by atoms with Gasteiger partial charge in [0.25, 0.3) is 0 Å². The van der Waals surface area contributed by atoms with Crippen LogP contribution < -0.4 is 10.1 Å². The smallest absolute Gasteiger partial charge is 0.119 e. The SMILES string of the molecule is CCOc1ccc(C2C[C@H]3CC[C@@H](C2)N3)c(C)c1. The first-order valence-corrected chi connectivity index (χ1v) is 7.25. The first kappa shape index (κ1) is 12.0. The molecular formula is C16H23NO. The molecule has 1 aromatic rings. The Balaban J connectivity index is 1.79. The fourth-order valence-corrected chi connectivity index (χ4v) is 3.67. The average Bonchev–Trinajstić information content (AvgIpc) is 2.69. The minimum Gasteiger partial charge on any atom is -0.494 e. The van der Waals surface area contributed by atoms with E-state index in [1.807, 2.05) is 6.92 Å². The summed E-state index contributed by atoms with van der Waals surface area (Å²) in [5.74, 6) is 1.76. The number of hydrogen-bond acceptors (Lipinski definition) is 2. The van der Waals surface area contributed by atoms with Crippen LogP contribution in [0.15, 0.2) is 18.2 Å². The molecule has 2 fully saturated rings. The van der Waals surface area contributed by atoms with Crippen molar-refractivity contribution in [1.82, 2.24) is 5.32 Å². The number of aryl methyl sites for hydroxylation is 1. The van der Waals surface area contributed by atoms with E-state index in [-0.39, 0.29) is 0 Å². The van der Waals surface area contributed by atoms with Crippen molar-refractivity contribution in [3.63, 3.8) is 0 Å². The number of fused-ring (bicyclic) bond motifs is 2. The van der Waals surface area contributed by atoms with Crippen LogP contribution in [0.1, 0.15) is 49.7 Å². The molecule has 2 heterocycles. The predicted molar refractivity (Wildman–Crippen MR) is 74.3 cm³/mol. The summed E-state index contributed by atoms with van der Waals surface area (Å²) < 4.78 is 5.57. The fourth-order valence-electron chi connectivity index (χ4n) is 3.67. The number of hydrogen-bond donors (Lipinski definition) is 1. The number of nitrogens with one attached hydrogen (secondary N) is 1. The molecule has 0 radical (unpaired) electrons. The normalized spacial score (nSPS) is 30.4. The van der Waals surface area contributed by atoms with Gasteiger partial charge < -0.3 is 10.1 Å². The highest BCUT2D eigenvalue weighted by atomic mass is 16.5. The number of benzene rings is 1. The zero-order valence-electron chi connectivity index (χ0n) is 11.4. The summed E-state index contributed by atoms with van der Waals surface area (Å²) >= 11 is 0. The van der Waals surface area contributed by atoms with E-state index in [9.17, 15) is 0 Å².